The minimum atomic E-state index is -0.470. The van der Waals surface area contributed by atoms with E-state index in [-0.39, 0.29) is 6.10 Å². The molecule has 0 aliphatic carbocycles. The van der Waals surface area contributed by atoms with Gasteiger partial charge in [0.25, 0.3) is 0 Å². The first-order chi connectivity index (χ1) is 13.2. The normalized spacial score (nSPS) is 19.4. The molecule has 4 rings (SSSR count). The van der Waals surface area contributed by atoms with Gasteiger partial charge in [-0.2, -0.15) is 0 Å². The third-order valence-corrected chi connectivity index (χ3v) is 4.66. The Hall–Kier alpha value is -2.71. The maximum absolute atomic E-state index is 11.6. The Labute approximate surface area is 157 Å². The van der Waals surface area contributed by atoms with E-state index in [1.54, 1.807) is 18.6 Å². The van der Waals surface area contributed by atoms with E-state index in [2.05, 4.69) is 9.97 Å². The maximum Gasteiger partial charge on any atom is 0.320 e. The van der Waals surface area contributed by atoms with Crippen molar-refractivity contribution in [2.75, 3.05) is 37.9 Å². The van der Waals surface area contributed by atoms with Gasteiger partial charge in [0.15, 0.2) is 0 Å². The van der Waals surface area contributed by atoms with E-state index in [4.69, 9.17) is 19.9 Å². The van der Waals surface area contributed by atoms with Crippen molar-refractivity contribution in [3.63, 3.8) is 0 Å². The van der Waals surface area contributed by atoms with Gasteiger partial charge in [-0.1, -0.05) is 0 Å². The van der Waals surface area contributed by atoms with Gasteiger partial charge in [-0.15, -0.1) is 0 Å². The highest BCUT2D eigenvalue weighted by Gasteiger charge is 2.22. The predicted octanol–water partition coefficient (Wildman–Crippen LogP) is 1.77. The number of amides is 2. The van der Waals surface area contributed by atoms with E-state index >= 15 is 0 Å². The van der Waals surface area contributed by atoms with Crippen LogP contribution in [-0.2, 0) is 15.9 Å². The molecular formula is C19H22N4O4. The number of aryl methyl sites for hydroxylation is 1. The topological polar surface area (TPSA) is 99.8 Å². The van der Waals surface area contributed by atoms with Crippen molar-refractivity contribution in [2.24, 2.45) is 5.73 Å². The summed E-state index contributed by atoms with van der Waals surface area (Å²) >= 11 is 0. The Morgan fingerprint density at radius 3 is 2.96 bits per heavy atom. The number of fused-ring (bicyclic) bond motifs is 1. The molecule has 0 radical (unpaired) electrons. The van der Waals surface area contributed by atoms with Crippen LogP contribution in [0.5, 0.6) is 5.75 Å². The Morgan fingerprint density at radius 1 is 1.26 bits per heavy atom. The van der Waals surface area contributed by atoms with Gasteiger partial charge in [-0.05, 0) is 30.5 Å². The molecule has 2 aromatic rings. The second-order valence-corrected chi connectivity index (χ2v) is 6.59. The van der Waals surface area contributed by atoms with Gasteiger partial charge in [-0.3, -0.25) is 9.88 Å². The molecule has 0 saturated carbocycles. The van der Waals surface area contributed by atoms with Crippen molar-refractivity contribution in [2.45, 2.75) is 18.9 Å². The van der Waals surface area contributed by atoms with E-state index in [1.165, 1.54) is 4.90 Å². The van der Waals surface area contributed by atoms with Crippen LogP contribution in [0.15, 0.2) is 30.7 Å². The number of primary amides is 1. The van der Waals surface area contributed by atoms with Gasteiger partial charge in [0, 0.05) is 30.1 Å². The molecule has 1 fully saturated rings. The first-order valence-electron chi connectivity index (χ1n) is 9.04. The molecule has 1 atom stereocenters. The summed E-state index contributed by atoms with van der Waals surface area (Å²) in [5, 5.41) is 0. The van der Waals surface area contributed by atoms with Crippen LogP contribution in [0.25, 0.3) is 11.1 Å². The molecule has 2 amide bonds. The summed E-state index contributed by atoms with van der Waals surface area (Å²) in [5.41, 5.74) is 8.29. The zero-order valence-corrected chi connectivity index (χ0v) is 15.0. The fraction of sp³-hybridized carbons (Fsp3) is 0.421. The Morgan fingerprint density at radius 2 is 2.15 bits per heavy atom. The van der Waals surface area contributed by atoms with Crippen molar-refractivity contribution in [1.29, 1.82) is 0 Å². The second kappa shape index (κ2) is 7.89. The molecule has 8 heteroatoms. The number of hydrogen-bond acceptors (Lipinski definition) is 6. The molecule has 4 heterocycles. The largest absolute Gasteiger partial charge is 0.489 e. The zero-order valence-electron chi connectivity index (χ0n) is 15.0. The molecule has 2 aliphatic heterocycles. The number of carbonyl (C=O) groups excluding carboxylic acids is 1. The average molecular weight is 370 g/mol. The van der Waals surface area contributed by atoms with Crippen molar-refractivity contribution in [3.05, 3.63) is 36.3 Å². The third-order valence-electron chi connectivity index (χ3n) is 4.66. The van der Waals surface area contributed by atoms with Crippen molar-refractivity contribution >= 4 is 11.8 Å². The number of nitrogens with two attached hydrogens (primary N) is 1. The number of hydrogen-bond donors (Lipinski definition) is 1. The summed E-state index contributed by atoms with van der Waals surface area (Å²) in [4.78, 5) is 21.8. The van der Waals surface area contributed by atoms with Crippen LogP contribution in [0.1, 0.15) is 12.0 Å². The van der Waals surface area contributed by atoms with E-state index in [9.17, 15) is 4.79 Å². The molecule has 2 N–H and O–H groups in total. The summed E-state index contributed by atoms with van der Waals surface area (Å²) in [6.45, 7) is 2.79. The molecule has 0 bridgehead atoms. The first-order valence-corrected chi connectivity index (χ1v) is 9.04. The molecule has 1 saturated heterocycles. The molecule has 8 nitrogen and oxygen atoms in total. The van der Waals surface area contributed by atoms with Gasteiger partial charge in [0.1, 0.15) is 24.3 Å². The van der Waals surface area contributed by atoms with Gasteiger partial charge >= 0.3 is 6.03 Å². The highest BCUT2D eigenvalue weighted by atomic mass is 16.6. The number of aromatic nitrogens is 2. The van der Waals surface area contributed by atoms with Crippen LogP contribution in [0.3, 0.4) is 0 Å². The van der Waals surface area contributed by atoms with Crippen LogP contribution < -0.4 is 15.4 Å². The lowest BCUT2D eigenvalue weighted by molar-refractivity contribution is -0.101. The summed E-state index contributed by atoms with van der Waals surface area (Å²) in [6, 6.07) is 3.49. The van der Waals surface area contributed by atoms with Crippen LogP contribution in [0, 0.1) is 0 Å². The number of pyridine rings is 2. The number of rotatable bonds is 4. The average Bonchev–Trinajstić information content (AvgIpc) is 2.72. The quantitative estimate of drug-likeness (QED) is 0.880. The molecular weight excluding hydrogens is 348 g/mol. The van der Waals surface area contributed by atoms with Gasteiger partial charge < -0.3 is 19.9 Å². The molecule has 2 aromatic heterocycles. The standard InChI is InChI=1S/C19H22N4O4/c20-19(24)23-3-1-2-13-6-14(9-22-18(13)23)15-7-16(10-21-8-15)27-12-17-11-25-4-5-26-17/h6-10,17H,1-5,11-12H2,(H2,20,24). The van der Waals surface area contributed by atoms with E-state index < -0.39 is 6.03 Å². The number of carbonyl (C=O) groups is 1. The van der Waals surface area contributed by atoms with Gasteiger partial charge in [0.2, 0.25) is 0 Å². The lowest BCUT2D eigenvalue weighted by atomic mass is 10.0. The smallest absolute Gasteiger partial charge is 0.320 e. The predicted molar refractivity (Wildman–Crippen MR) is 98.8 cm³/mol. The summed E-state index contributed by atoms with van der Waals surface area (Å²) < 4.78 is 16.8. The van der Waals surface area contributed by atoms with E-state index in [0.29, 0.717) is 44.5 Å². The van der Waals surface area contributed by atoms with Gasteiger partial charge in [-0.25, -0.2) is 9.78 Å². The van der Waals surface area contributed by atoms with Crippen molar-refractivity contribution in [3.8, 4) is 16.9 Å². The molecule has 142 valence electrons. The van der Waals surface area contributed by atoms with Crippen LogP contribution >= 0.6 is 0 Å². The van der Waals surface area contributed by atoms with Gasteiger partial charge in [0.05, 0.1) is 26.0 Å². The molecule has 0 spiro atoms. The maximum atomic E-state index is 11.6. The minimum Gasteiger partial charge on any atom is -0.489 e. The first kappa shape index (κ1) is 17.7. The highest BCUT2D eigenvalue weighted by molar-refractivity contribution is 5.91. The monoisotopic (exact) mass is 370 g/mol. The second-order valence-electron chi connectivity index (χ2n) is 6.59. The Balaban J connectivity index is 1.51. The Kier molecular flexibility index (Phi) is 5.17. The van der Waals surface area contributed by atoms with E-state index in [1.807, 2.05) is 12.1 Å². The fourth-order valence-electron chi connectivity index (χ4n) is 3.31. The minimum absolute atomic E-state index is 0.0624. The third kappa shape index (κ3) is 4.01. The molecule has 0 aromatic carbocycles. The lowest BCUT2D eigenvalue weighted by Crippen LogP contribution is -2.40. The number of anilines is 1. The van der Waals surface area contributed by atoms with Crippen molar-refractivity contribution in [1.82, 2.24) is 9.97 Å². The number of ether oxygens (including phenoxy) is 3. The van der Waals surface area contributed by atoms with Crippen LogP contribution in [-0.4, -0.2) is 55.1 Å². The van der Waals surface area contributed by atoms with E-state index in [0.717, 1.165) is 29.5 Å². The molecule has 2 aliphatic rings. The van der Waals surface area contributed by atoms with Crippen LogP contribution in [0.2, 0.25) is 0 Å². The SMILES string of the molecule is NC(=O)N1CCCc2cc(-c3cncc(OCC4COCCO4)c3)cnc21. The van der Waals surface area contributed by atoms with Crippen molar-refractivity contribution < 1.29 is 19.0 Å². The molecule has 27 heavy (non-hydrogen) atoms. The molecule has 1 unspecified atom stereocenters. The Bertz CT molecular complexity index is 823. The zero-order chi connectivity index (χ0) is 18.6. The number of nitrogens with zero attached hydrogens (tertiary/aromatic N) is 3. The fourth-order valence-corrected chi connectivity index (χ4v) is 3.31. The highest BCUT2D eigenvalue weighted by Crippen LogP contribution is 2.30. The van der Waals surface area contributed by atoms with Crippen LogP contribution in [0.4, 0.5) is 10.6 Å². The summed E-state index contributed by atoms with van der Waals surface area (Å²) in [7, 11) is 0. The summed E-state index contributed by atoms with van der Waals surface area (Å²) in [5.74, 6) is 1.31. The number of urea groups is 1. The lowest BCUT2D eigenvalue weighted by Gasteiger charge is -2.27. The summed E-state index contributed by atoms with van der Waals surface area (Å²) in [6.07, 6.45) is 6.85.